The molecule has 3 rings (SSSR count). The Bertz CT molecular complexity index is 827. The molecule has 3 N–H and O–H groups in total. The lowest BCUT2D eigenvalue weighted by Gasteiger charge is -2.04. The van der Waals surface area contributed by atoms with Gasteiger partial charge in [-0.3, -0.25) is 5.10 Å². The van der Waals surface area contributed by atoms with Crippen LogP contribution in [-0.4, -0.2) is 31.1 Å². The summed E-state index contributed by atoms with van der Waals surface area (Å²) in [5.74, 6) is -1.13. The third-order valence-corrected chi connectivity index (χ3v) is 3.10. The number of anilines is 1. The molecule has 114 valence electrons. The van der Waals surface area contributed by atoms with Crippen molar-refractivity contribution in [3.05, 3.63) is 41.9 Å². The normalized spacial score (nSPS) is 11.2. The zero-order valence-corrected chi connectivity index (χ0v) is 11.1. The Morgan fingerprint density at radius 3 is 2.91 bits per heavy atom. The summed E-state index contributed by atoms with van der Waals surface area (Å²) in [6.07, 6.45) is 1.20. The van der Waals surface area contributed by atoms with Gasteiger partial charge in [0.05, 0.1) is 17.8 Å². The highest BCUT2D eigenvalue weighted by Crippen LogP contribution is 2.21. The lowest BCUT2D eigenvalue weighted by molar-refractivity contribution is 0.0562. The highest BCUT2D eigenvalue weighted by Gasteiger charge is 2.13. The van der Waals surface area contributed by atoms with Crippen LogP contribution in [0.3, 0.4) is 0 Å². The molecule has 7 nitrogen and oxygen atoms in total. The zero-order chi connectivity index (χ0) is 15.7. The summed E-state index contributed by atoms with van der Waals surface area (Å²) in [5.41, 5.74) is 1.62. The second-order valence-corrected chi connectivity index (χ2v) is 4.56. The Labute approximate surface area is 122 Å². The average molecular weight is 307 g/mol. The number of halogens is 2. The fraction of sp³-hybridized carbons (Fsp3) is 0.154. The van der Waals surface area contributed by atoms with Crippen molar-refractivity contribution in [3.8, 4) is 0 Å². The molecule has 3 aromatic rings. The molecular weight excluding hydrogens is 296 g/mol. The summed E-state index contributed by atoms with van der Waals surface area (Å²) in [5, 5.41) is 22.6. The van der Waals surface area contributed by atoms with Crippen LogP contribution in [0.1, 0.15) is 22.7 Å². The molecule has 2 aromatic heterocycles. The van der Waals surface area contributed by atoms with Crippen molar-refractivity contribution in [3.63, 3.8) is 0 Å². The first-order chi connectivity index (χ1) is 10.5. The molecule has 1 aromatic carbocycles. The minimum Gasteiger partial charge on any atom is -0.476 e. The van der Waals surface area contributed by atoms with Gasteiger partial charge in [0.1, 0.15) is 0 Å². The van der Waals surface area contributed by atoms with E-state index < -0.39 is 12.5 Å². The number of nitrogens with zero attached hydrogens (tertiary/aromatic N) is 3. The van der Waals surface area contributed by atoms with Crippen LogP contribution < -0.4 is 5.32 Å². The molecule has 0 unspecified atom stereocenters. The van der Waals surface area contributed by atoms with Gasteiger partial charge in [-0.1, -0.05) is 0 Å². The zero-order valence-electron chi connectivity index (χ0n) is 11.1. The van der Waals surface area contributed by atoms with Crippen LogP contribution in [0.15, 0.2) is 30.5 Å². The second kappa shape index (κ2) is 5.43. The van der Waals surface area contributed by atoms with Crippen LogP contribution in [-0.2, 0) is 6.54 Å². The van der Waals surface area contributed by atoms with E-state index in [4.69, 9.17) is 5.11 Å². The molecule has 0 aliphatic rings. The number of aromatic amines is 1. The summed E-state index contributed by atoms with van der Waals surface area (Å²) in [6, 6.07) is 6.54. The molecule has 0 aliphatic carbocycles. The molecular formula is C13H11F2N5O2. The van der Waals surface area contributed by atoms with Crippen LogP contribution >= 0.6 is 0 Å². The van der Waals surface area contributed by atoms with E-state index in [9.17, 15) is 13.6 Å². The van der Waals surface area contributed by atoms with Crippen molar-refractivity contribution >= 4 is 22.6 Å². The maximum Gasteiger partial charge on any atom is 0.357 e. The number of alkyl halides is 2. The monoisotopic (exact) mass is 307 g/mol. The molecule has 0 bridgehead atoms. The average Bonchev–Trinajstić information content (AvgIpc) is 3.11. The lowest BCUT2D eigenvalue weighted by Crippen LogP contribution is -2.03. The topological polar surface area (TPSA) is 95.8 Å². The first-order valence-electron chi connectivity index (χ1n) is 6.32. The Hall–Kier alpha value is -2.97. The molecule has 0 amide bonds. The molecule has 0 saturated heterocycles. The van der Waals surface area contributed by atoms with Crippen molar-refractivity contribution in [1.82, 2.24) is 20.0 Å². The summed E-state index contributed by atoms with van der Waals surface area (Å²) >= 11 is 0. The van der Waals surface area contributed by atoms with Gasteiger partial charge >= 0.3 is 12.5 Å². The van der Waals surface area contributed by atoms with Crippen LogP contribution in [0.4, 0.5) is 14.5 Å². The number of aromatic carboxylic acids is 1. The smallest absolute Gasteiger partial charge is 0.357 e. The van der Waals surface area contributed by atoms with Crippen molar-refractivity contribution in [2.75, 3.05) is 5.32 Å². The van der Waals surface area contributed by atoms with Crippen molar-refractivity contribution < 1.29 is 18.7 Å². The number of nitrogens with one attached hydrogen (secondary N) is 2. The Morgan fingerprint density at radius 1 is 1.41 bits per heavy atom. The number of hydrogen-bond donors (Lipinski definition) is 3. The van der Waals surface area contributed by atoms with Gasteiger partial charge in [0.2, 0.25) is 0 Å². The van der Waals surface area contributed by atoms with Crippen molar-refractivity contribution in [2.45, 2.75) is 13.1 Å². The molecule has 0 fully saturated rings. The van der Waals surface area contributed by atoms with E-state index in [2.05, 4.69) is 20.6 Å². The number of fused-ring (bicyclic) bond motifs is 1. The largest absolute Gasteiger partial charge is 0.476 e. The van der Waals surface area contributed by atoms with Crippen molar-refractivity contribution in [1.29, 1.82) is 0 Å². The van der Waals surface area contributed by atoms with Crippen molar-refractivity contribution in [2.24, 2.45) is 0 Å². The van der Waals surface area contributed by atoms with E-state index in [-0.39, 0.29) is 12.2 Å². The number of rotatable bonds is 5. The maximum atomic E-state index is 12.4. The van der Waals surface area contributed by atoms with Crippen LogP contribution in [0.5, 0.6) is 0 Å². The Kier molecular flexibility index (Phi) is 3.45. The summed E-state index contributed by atoms with van der Waals surface area (Å²) in [6.45, 7) is -2.43. The van der Waals surface area contributed by atoms with Gasteiger partial charge in [0.15, 0.2) is 5.69 Å². The van der Waals surface area contributed by atoms with Crippen LogP contribution in [0, 0.1) is 0 Å². The molecule has 0 saturated carbocycles. The van der Waals surface area contributed by atoms with E-state index in [0.29, 0.717) is 27.0 Å². The van der Waals surface area contributed by atoms with E-state index in [0.717, 1.165) is 0 Å². The SMILES string of the molecule is O=C(O)c1n[nH]c2ccc(NCc3ccn(C(F)F)n3)cc12. The van der Waals surface area contributed by atoms with E-state index in [1.807, 2.05) is 0 Å². The Morgan fingerprint density at radius 2 is 2.23 bits per heavy atom. The number of carbonyl (C=O) groups is 1. The van der Waals surface area contributed by atoms with Gasteiger partial charge in [-0.05, 0) is 24.3 Å². The molecule has 2 heterocycles. The fourth-order valence-corrected chi connectivity index (χ4v) is 2.06. The molecule has 22 heavy (non-hydrogen) atoms. The van der Waals surface area contributed by atoms with Gasteiger partial charge in [0, 0.05) is 17.3 Å². The Balaban J connectivity index is 1.78. The van der Waals surface area contributed by atoms with Crippen LogP contribution in [0.2, 0.25) is 0 Å². The number of hydrogen-bond acceptors (Lipinski definition) is 4. The van der Waals surface area contributed by atoms with E-state index >= 15 is 0 Å². The highest BCUT2D eigenvalue weighted by molar-refractivity contribution is 6.01. The number of aromatic nitrogens is 4. The predicted molar refractivity (Wildman–Crippen MR) is 73.9 cm³/mol. The first kappa shape index (κ1) is 14.0. The fourth-order valence-electron chi connectivity index (χ4n) is 2.06. The predicted octanol–water partition coefficient (Wildman–Crippen LogP) is 2.46. The third-order valence-electron chi connectivity index (χ3n) is 3.10. The minimum atomic E-state index is -2.67. The number of benzene rings is 1. The lowest BCUT2D eigenvalue weighted by atomic mass is 10.2. The van der Waals surface area contributed by atoms with E-state index in [1.54, 1.807) is 18.2 Å². The van der Waals surface area contributed by atoms with E-state index in [1.165, 1.54) is 12.3 Å². The highest BCUT2D eigenvalue weighted by atomic mass is 19.3. The summed E-state index contributed by atoms with van der Waals surface area (Å²) in [4.78, 5) is 11.0. The minimum absolute atomic E-state index is 0.0689. The maximum absolute atomic E-state index is 12.4. The molecule has 0 aliphatic heterocycles. The molecule has 0 spiro atoms. The second-order valence-electron chi connectivity index (χ2n) is 4.56. The van der Waals surface area contributed by atoms with Gasteiger partial charge < -0.3 is 10.4 Å². The number of carboxylic acid groups (broad SMARTS) is 1. The quantitative estimate of drug-likeness (QED) is 0.673. The number of carboxylic acids is 1. The number of H-pyrrole nitrogens is 1. The molecule has 0 atom stereocenters. The van der Waals surface area contributed by atoms with Gasteiger partial charge in [-0.15, -0.1) is 0 Å². The third kappa shape index (κ3) is 2.60. The molecule has 0 radical (unpaired) electrons. The summed E-state index contributed by atoms with van der Waals surface area (Å²) < 4.78 is 25.4. The first-order valence-corrected chi connectivity index (χ1v) is 6.32. The van der Waals surface area contributed by atoms with Gasteiger partial charge in [0.25, 0.3) is 0 Å². The van der Waals surface area contributed by atoms with Gasteiger partial charge in [-0.2, -0.15) is 19.0 Å². The van der Waals surface area contributed by atoms with Crippen LogP contribution in [0.25, 0.3) is 10.9 Å². The standard InChI is InChI=1S/C13H11F2N5O2/c14-13(15)20-4-3-8(19-20)6-16-7-1-2-10-9(5-7)11(12(21)22)18-17-10/h1-5,13,16H,6H2,(H,17,18)(H,21,22). The van der Waals surface area contributed by atoms with Gasteiger partial charge in [-0.25, -0.2) is 9.48 Å². The summed E-state index contributed by atoms with van der Waals surface area (Å²) in [7, 11) is 0. The molecule has 9 heteroatoms.